The third-order valence-corrected chi connectivity index (χ3v) is 4.19. The molecule has 0 fully saturated rings. The zero-order chi connectivity index (χ0) is 16.8. The zero-order valence-electron chi connectivity index (χ0n) is 13.5. The van der Waals surface area contributed by atoms with Crippen molar-refractivity contribution in [2.75, 3.05) is 0 Å². The molecule has 0 aliphatic carbocycles. The van der Waals surface area contributed by atoms with Crippen LogP contribution in [0.25, 0.3) is 0 Å². The van der Waals surface area contributed by atoms with Crippen molar-refractivity contribution in [1.29, 1.82) is 0 Å². The van der Waals surface area contributed by atoms with Gasteiger partial charge in [-0.15, -0.1) is 0 Å². The molecule has 2 N–H and O–H groups in total. The molecular formula is C18H24O5. The largest absolute Gasteiger partial charge is 0.508 e. The maximum Gasteiger partial charge on any atom is 0.342 e. The summed E-state index contributed by atoms with van der Waals surface area (Å²) in [5.41, 5.74) is 0.776. The van der Waals surface area contributed by atoms with Crippen LogP contribution in [0.3, 0.4) is 0 Å². The summed E-state index contributed by atoms with van der Waals surface area (Å²) in [6, 6.07) is 2.68. The molecule has 0 amide bonds. The Balaban J connectivity index is 2.16. The fraction of sp³-hybridized carbons (Fsp3) is 0.556. The lowest BCUT2D eigenvalue weighted by atomic mass is 9.97. The Kier molecular flexibility index (Phi) is 6.02. The second-order valence-electron chi connectivity index (χ2n) is 6.22. The van der Waals surface area contributed by atoms with Crippen LogP contribution in [0.4, 0.5) is 0 Å². The molecule has 2 rings (SSSR count). The highest BCUT2D eigenvalue weighted by Gasteiger charge is 2.23. The normalized spacial score (nSPS) is 18.8. The van der Waals surface area contributed by atoms with E-state index in [4.69, 9.17) is 4.74 Å². The van der Waals surface area contributed by atoms with E-state index in [9.17, 15) is 19.8 Å². The Morgan fingerprint density at radius 1 is 1.26 bits per heavy atom. The molecule has 1 atom stereocenters. The highest BCUT2D eigenvalue weighted by Crippen LogP contribution is 2.31. The maximum absolute atomic E-state index is 12.4. The van der Waals surface area contributed by atoms with Crippen molar-refractivity contribution >= 4 is 11.8 Å². The van der Waals surface area contributed by atoms with Crippen LogP contribution in [0.1, 0.15) is 67.8 Å². The number of cyclic esters (lactones) is 1. The molecule has 23 heavy (non-hydrogen) atoms. The molecule has 0 spiro atoms. The van der Waals surface area contributed by atoms with Crippen LogP contribution >= 0.6 is 0 Å². The van der Waals surface area contributed by atoms with Gasteiger partial charge in [0.1, 0.15) is 28.9 Å². The Morgan fingerprint density at radius 3 is 2.78 bits per heavy atom. The van der Waals surface area contributed by atoms with Gasteiger partial charge in [0.05, 0.1) is 0 Å². The van der Waals surface area contributed by atoms with Gasteiger partial charge in [0.15, 0.2) is 0 Å². The number of esters is 1. The van der Waals surface area contributed by atoms with Crippen LogP contribution in [0.2, 0.25) is 0 Å². The quantitative estimate of drug-likeness (QED) is 0.830. The number of rotatable bonds is 4. The van der Waals surface area contributed by atoms with Gasteiger partial charge in [-0.1, -0.05) is 6.42 Å². The summed E-state index contributed by atoms with van der Waals surface area (Å²) in [7, 11) is 0. The van der Waals surface area contributed by atoms with E-state index in [2.05, 4.69) is 0 Å². The van der Waals surface area contributed by atoms with Gasteiger partial charge in [-0.25, -0.2) is 4.79 Å². The molecule has 0 bridgehead atoms. The number of fused-ring (bicyclic) bond motifs is 1. The number of aromatic hydroxyl groups is 2. The van der Waals surface area contributed by atoms with Crippen molar-refractivity contribution in [1.82, 2.24) is 0 Å². The molecule has 1 aromatic rings. The Morgan fingerprint density at radius 2 is 2.04 bits per heavy atom. The molecule has 0 aromatic heterocycles. The first kappa shape index (κ1) is 17.3. The third-order valence-electron chi connectivity index (χ3n) is 4.19. The minimum Gasteiger partial charge on any atom is -0.508 e. The monoisotopic (exact) mass is 320 g/mol. The Bertz CT molecular complexity index is 579. The van der Waals surface area contributed by atoms with Crippen molar-refractivity contribution in [3.8, 4) is 11.5 Å². The number of hydrogen-bond donors (Lipinski definition) is 2. The van der Waals surface area contributed by atoms with Crippen LogP contribution in [0.5, 0.6) is 11.5 Å². The predicted octanol–water partition coefficient (Wildman–Crippen LogP) is 3.50. The van der Waals surface area contributed by atoms with Crippen LogP contribution in [-0.4, -0.2) is 28.1 Å². The number of benzene rings is 1. The van der Waals surface area contributed by atoms with E-state index in [0.29, 0.717) is 31.2 Å². The van der Waals surface area contributed by atoms with E-state index >= 15 is 0 Å². The van der Waals surface area contributed by atoms with Gasteiger partial charge < -0.3 is 19.7 Å². The summed E-state index contributed by atoms with van der Waals surface area (Å²) < 4.78 is 5.56. The smallest absolute Gasteiger partial charge is 0.342 e. The molecule has 126 valence electrons. The van der Waals surface area contributed by atoms with Crippen LogP contribution < -0.4 is 0 Å². The van der Waals surface area contributed by atoms with Crippen LogP contribution in [-0.2, 0) is 16.0 Å². The van der Waals surface area contributed by atoms with Crippen molar-refractivity contribution in [3.63, 3.8) is 0 Å². The molecule has 0 saturated carbocycles. The Hall–Kier alpha value is -2.04. The standard InChI is InChI=1S/C18H24O5/c1-12(19)6-5-9-15-8-4-2-3-7-13-10-14(20)11-16(21)17(13)18(22)23-15/h10-11,15,20-21H,2-9H2,1H3/t15-/m1/s1. The SMILES string of the molecule is CC(=O)CCC[C@H]1CCCCCc2cc(O)cc(O)c2C(=O)O1. The molecule has 1 aliphatic heterocycles. The third kappa shape index (κ3) is 4.98. The van der Waals surface area contributed by atoms with Gasteiger partial charge in [0, 0.05) is 12.5 Å². The molecular weight excluding hydrogens is 296 g/mol. The lowest BCUT2D eigenvalue weighted by molar-refractivity contribution is -0.117. The summed E-state index contributed by atoms with van der Waals surface area (Å²) >= 11 is 0. The summed E-state index contributed by atoms with van der Waals surface area (Å²) in [5, 5.41) is 19.6. The number of ketones is 1. The number of Topliss-reactive ketones (excluding diaryl/α,β-unsaturated/α-hetero) is 1. The van der Waals surface area contributed by atoms with Gasteiger partial charge in [0.2, 0.25) is 0 Å². The van der Waals surface area contributed by atoms with Crippen molar-refractivity contribution in [2.45, 2.75) is 64.4 Å². The number of phenolic OH excluding ortho intramolecular Hbond substituents is 2. The number of aryl methyl sites for hydroxylation is 1. The highest BCUT2D eigenvalue weighted by atomic mass is 16.5. The fourth-order valence-corrected chi connectivity index (χ4v) is 3.02. The number of carbonyl (C=O) groups is 2. The minimum absolute atomic E-state index is 0.0517. The van der Waals surface area contributed by atoms with Crippen LogP contribution in [0, 0.1) is 0 Å². The van der Waals surface area contributed by atoms with E-state index in [1.165, 1.54) is 6.07 Å². The van der Waals surface area contributed by atoms with Crippen molar-refractivity contribution in [2.24, 2.45) is 0 Å². The van der Waals surface area contributed by atoms with Gasteiger partial charge in [-0.3, -0.25) is 0 Å². The topological polar surface area (TPSA) is 83.8 Å². The average Bonchev–Trinajstić information content (AvgIpc) is 2.45. The molecule has 1 heterocycles. The molecule has 0 unspecified atom stereocenters. The Labute approximate surface area is 136 Å². The second kappa shape index (κ2) is 7.99. The van der Waals surface area contributed by atoms with Gasteiger partial charge >= 0.3 is 5.97 Å². The molecule has 0 radical (unpaired) electrons. The summed E-state index contributed by atoms with van der Waals surface area (Å²) in [6.45, 7) is 1.56. The lowest BCUT2D eigenvalue weighted by Gasteiger charge is -2.21. The first-order valence-corrected chi connectivity index (χ1v) is 8.22. The average molecular weight is 320 g/mol. The number of carbonyl (C=O) groups excluding carboxylic acids is 2. The molecule has 1 aromatic carbocycles. The summed E-state index contributed by atoms with van der Waals surface area (Å²) in [4.78, 5) is 23.5. The number of hydrogen-bond acceptors (Lipinski definition) is 5. The number of phenols is 2. The second-order valence-corrected chi connectivity index (χ2v) is 6.22. The first-order chi connectivity index (χ1) is 11.0. The number of ether oxygens (including phenoxy) is 1. The van der Waals surface area contributed by atoms with Gasteiger partial charge in [-0.2, -0.15) is 0 Å². The summed E-state index contributed by atoms with van der Waals surface area (Å²) in [5.74, 6) is -0.709. The van der Waals surface area contributed by atoms with E-state index in [1.807, 2.05) is 0 Å². The minimum atomic E-state index is -0.549. The van der Waals surface area contributed by atoms with Crippen molar-refractivity contribution < 1.29 is 24.5 Å². The van der Waals surface area contributed by atoms with Crippen LogP contribution in [0.15, 0.2) is 12.1 Å². The van der Waals surface area contributed by atoms with Gasteiger partial charge in [0.25, 0.3) is 0 Å². The molecule has 5 nitrogen and oxygen atoms in total. The van der Waals surface area contributed by atoms with Gasteiger partial charge in [-0.05, 0) is 57.1 Å². The predicted molar refractivity (Wildman–Crippen MR) is 85.7 cm³/mol. The summed E-state index contributed by atoms with van der Waals surface area (Å²) in [6.07, 6.45) is 5.85. The highest BCUT2D eigenvalue weighted by molar-refractivity contribution is 5.94. The molecule has 1 aliphatic rings. The zero-order valence-corrected chi connectivity index (χ0v) is 13.5. The fourth-order valence-electron chi connectivity index (χ4n) is 3.02. The van der Waals surface area contributed by atoms with E-state index in [-0.39, 0.29) is 28.9 Å². The molecule has 0 saturated heterocycles. The van der Waals surface area contributed by atoms with Crippen molar-refractivity contribution in [3.05, 3.63) is 23.3 Å². The van der Waals surface area contributed by atoms with E-state index < -0.39 is 5.97 Å². The van der Waals surface area contributed by atoms with E-state index in [0.717, 1.165) is 31.7 Å². The lowest BCUT2D eigenvalue weighted by Crippen LogP contribution is -2.21. The van der Waals surface area contributed by atoms with E-state index in [1.54, 1.807) is 6.92 Å². The molecule has 5 heteroatoms. The maximum atomic E-state index is 12.4. The first-order valence-electron chi connectivity index (χ1n) is 8.22.